The predicted molar refractivity (Wildman–Crippen MR) is 219 cm³/mol. The third kappa shape index (κ3) is 14.1. The van der Waals surface area contributed by atoms with Gasteiger partial charge in [-0.15, -0.1) is 11.6 Å². The molecule has 2 aliphatic carbocycles. The monoisotopic (exact) mass is 755 g/mol. The number of alkyl halides is 1. The number of ether oxygens (including phenoxy) is 1. The van der Waals surface area contributed by atoms with Crippen molar-refractivity contribution in [3.05, 3.63) is 69.6 Å². The van der Waals surface area contributed by atoms with Crippen LogP contribution in [-0.2, 0) is 4.79 Å². The minimum Gasteiger partial charge on any atom is -0.504 e. The van der Waals surface area contributed by atoms with E-state index >= 15 is 0 Å². The zero-order valence-corrected chi connectivity index (χ0v) is 34.2. The number of rotatable bonds is 12. The van der Waals surface area contributed by atoms with Gasteiger partial charge in [0.25, 0.3) is 5.91 Å². The maximum Gasteiger partial charge on any atom is 0.287 e. The number of allylic oxidation sites excluding steroid dienone is 6. The second kappa shape index (κ2) is 23.4. The third-order valence-electron chi connectivity index (χ3n) is 10.8. The van der Waals surface area contributed by atoms with E-state index in [1.165, 1.54) is 81.4 Å². The van der Waals surface area contributed by atoms with Gasteiger partial charge in [-0.25, -0.2) is 0 Å². The topological polar surface area (TPSA) is 121 Å². The van der Waals surface area contributed by atoms with Gasteiger partial charge in [-0.3, -0.25) is 9.59 Å². The van der Waals surface area contributed by atoms with Crippen molar-refractivity contribution in [1.82, 2.24) is 15.5 Å². The van der Waals surface area contributed by atoms with Crippen molar-refractivity contribution in [3.8, 4) is 11.5 Å². The maximum absolute atomic E-state index is 12.7. The first-order chi connectivity index (χ1) is 25.5. The van der Waals surface area contributed by atoms with E-state index in [4.69, 9.17) is 25.5 Å². The van der Waals surface area contributed by atoms with Crippen molar-refractivity contribution < 1.29 is 23.8 Å². The molecular formula is C43H66ClN3O6. The van der Waals surface area contributed by atoms with Gasteiger partial charge < -0.3 is 34.6 Å². The van der Waals surface area contributed by atoms with E-state index in [-0.39, 0.29) is 39.2 Å². The first-order valence-electron chi connectivity index (χ1n) is 19.5. The average Bonchev–Trinajstić information content (AvgIpc) is 3.42. The van der Waals surface area contributed by atoms with E-state index in [9.17, 15) is 14.7 Å². The number of carbonyl (C=O) groups excluding carboxylic acids is 2. The van der Waals surface area contributed by atoms with E-state index in [2.05, 4.69) is 67.5 Å². The number of nitrogens with zero attached hydrogens (tertiary/aromatic N) is 1. The Morgan fingerprint density at radius 3 is 2.42 bits per heavy atom. The van der Waals surface area contributed by atoms with Crippen molar-refractivity contribution in [1.29, 1.82) is 0 Å². The number of amides is 1. The highest BCUT2D eigenvalue weighted by Gasteiger charge is 2.42. The molecule has 3 aliphatic rings. The van der Waals surface area contributed by atoms with Crippen LogP contribution < -0.4 is 20.8 Å². The molecule has 0 atom stereocenters. The van der Waals surface area contributed by atoms with Gasteiger partial charge in [0.1, 0.15) is 12.4 Å². The molecule has 1 saturated carbocycles. The molecule has 1 aliphatic heterocycles. The lowest BCUT2D eigenvalue weighted by atomic mass is 9.63. The summed E-state index contributed by atoms with van der Waals surface area (Å²) in [7, 11) is 1.41. The van der Waals surface area contributed by atoms with Crippen LogP contribution in [0.25, 0.3) is 11.0 Å². The minimum atomic E-state index is -0.416. The van der Waals surface area contributed by atoms with Crippen LogP contribution in [0.5, 0.6) is 11.5 Å². The fourth-order valence-corrected chi connectivity index (χ4v) is 7.28. The maximum atomic E-state index is 12.7. The lowest BCUT2D eigenvalue weighted by molar-refractivity contribution is -0.0980. The van der Waals surface area contributed by atoms with Gasteiger partial charge in [-0.05, 0) is 108 Å². The summed E-state index contributed by atoms with van der Waals surface area (Å²) >= 11 is 5.65. The van der Waals surface area contributed by atoms with Crippen molar-refractivity contribution in [2.45, 2.75) is 111 Å². The SMILES string of the molecule is C=O.CC.CC1=CC=C(CCl)C=CC1.CCC(C)(C)NCC1(C2CCCCC2)CCN(CCCNC(=O)c2cc(=O)c3cc(O)c(OC)cc3o2)CC1. The summed E-state index contributed by atoms with van der Waals surface area (Å²) in [6.45, 7) is 19.8. The zero-order valence-electron chi connectivity index (χ0n) is 33.5. The van der Waals surface area contributed by atoms with Crippen molar-refractivity contribution >= 4 is 35.3 Å². The van der Waals surface area contributed by atoms with Gasteiger partial charge in [-0.1, -0.05) is 69.9 Å². The Hall–Kier alpha value is -3.40. The fourth-order valence-electron chi connectivity index (χ4n) is 7.10. The van der Waals surface area contributed by atoms with Gasteiger partial charge in [0.15, 0.2) is 22.7 Å². The standard InChI is InChI=1S/C31H47N3O5.C9H11Cl.C2H6.CH2O/c1-5-30(2,3)33-21-31(22-10-7-6-8-11-22)12-16-34(17-13-31)15-9-14-32-29(37)28-19-24(35)23-18-25(36)27(38-4)20-26(23)39-28;1-8-3-2-4-9(7-10)6-5-8;2*1-2/h18-20,22,33,36H,5-17,21H2,1-4H3,(H,32,37);2,4-6H,3,7H2,1H3;1-2H3;1H2. The number of phenols is 1. The number of hydrogen-bond acceptors (Lipinski definition) is 8. The van der Waals surface area contributed by atoms with Crippen LogP contribution in [0.4, 0.5) is 0 Å². The normalized spacial score (nSPS) is 17.4. The van der Waals surface area contributed by atoms with Crippen LogP contribution in [0.3, 0.4) is 0 Å². The van der Waals surface area contributed by atoms with Crippen LogP contribution in [0.1, 0.15) is 116 Å². The smallest absolute Gasteiger partial charge is 0.287 e. The molecule has 53 heavy (non-hydrogen) atoms. The van der Waals surface area contributed by atoms with Crippen LogP contribution in [0, 0.1) is 11.3 Å². The number of phenolic OH excluding ortho intramolecular Hbond substituents is 1. The Labute approximate surface area is 323 Å². The summed E-state index contributed by atoms with van der Waals surface area (Å²) in [6.07, 6.45) is 20.8. The molecule has 1 saturated heterocycles. The molecule has 2 fully saturated rings. The Bertz CT molecular complexity index is 1570. The highest BCUT2D eigenvalue weighted by Crippen LogP contribution is 2.46. The summed E-state index contributed by atoms with van der Waals surface area (Å²) in [4.78, 5) is 35.7. The van der Waals surface area contributed by atoms with Crippen LogP contribution in [0.2, 0.25) is 0 Å². The van der Waals surface area contributed by atoms with Crippen molar-refractivity contribution in [2.75, 3.05) is 45.7 Å². The van der Waals surface area contributed by atoms with Crippen molar-refractivity contribution in [2.24, 2.45) is 11.3 Å². The molecule has 0 radical (unpaired) electrons. The van der Waals surface area contributed by atoms with Gasteiger partial charge in [0, 0.05) is 36.6 Å². The number of halogens is 1. The lowest BCUT2D eigenvalue weighted by Crippen LogP contribution is -2.53. The van der Waals surface area contributed by atoms with Crippen molar-refractivity contribution in [3.63, 3.8) is 0 Å². The molecule has 1 aromatic carbocycles. The second-order valence-electron chi connectivity index (χ2n) is 14.7. The molecule has 2 heterocycles. The van der Waals surface area contributed by atoms with Crippen LogP contribution >= 0.6 is 11.6 Å². The predicted octanol–water partition coefficient (Wildman–Crippen LogP) is 8.97. The van der Waals surface area contributed by atoms with E-state index < -0.39 is 5.91 Å². The third-order valence-corrected chi connectivity index (χ3v) is 11.1. The Balaban J connectivity index is 0.000000589. The number of carbonyl (C=O) groups is 2. The summed E-state index contributed by atoms with van der Waals surface area (Å²) in [5, 5.41) is 16.9. The molecule has 5 rings (SSSR count). The number of likely N-dealkylation sites (tertiary alicyclic amines) is 1. The largest absolute Gasteiger partial charge is 0.504 e. The van der Waals surface area contributed by atoms with E-state index in [1.807, 2.05) is 20.6 Å². The quantitative estimate of drug-likeness (QED) is 0.145. The summed E-state index contributed by atoms with van der Waals surface area (Å²) in [6, 6.07) is 3.89. The lowest BCUT2D eigenvalue weighted by Gasteiger charge is -2.49. The van der Waals surface area contributed by atoms with Crippen LogP contribution in [0.15, 0.2) is 62.9 Å². The van der Waals surface area contributed by atoms with E-state index in [0.717, 1.165) is 51.4 Å². The fraction of sp³-hybridized carbons (Fsp3) is 0.605. The zero-order chi connectivity index (χ0) is 39.4. The number of hydrogen-bond donors (Lipinski definition) is 3. The molecule has 296 valence electrons. The molecule has 0 bridgehead atoms. The molecule has 10 heteroatoms. The van der Waals surface area contributed by atoms with E-state index in [0.29, 0.717) is 17.8 Å². The molecule has 2 aromatic rings. The first kappa shape index (κ1) is 45.8. The first-order valence-corrected chi connectivity index (χ1v) is 20.0. The second-order valence-corrected chi connectivity index (χ2v) is 15.0. The average molecular weight is 756 g/mol. The molecular weight excluding hydrogens is 690 g/mol. The molecule has 0 spiro atoms. The van der Waals surface area contributed by atoms with Gasteiger partial charge >= 0.3 is 0 Å². The number of fused-ring (bicyclic) bond motifs is 1. The number of benzene rings is 1. The molecule has 1 amide bonds. The Kier molecular flexibility index (Phi) is 20.2. The van der Waals surface area contributed by atoms with Gasteiger partial charge in [0.2, 0.25) is 0 Å². The number of aromatic hydroxyl groups is 1. The summed E-state index contributed by atoms with van der Waals surface area (Å²) < 4.78 is 10.8. The number of nitrogens with one attached hydrogen (secondary N) is 2. The van der Waals surface area contributed by atoms with E-state index in [1.54, 1.807) is 0 Å². The summed E-state index contributed by atoms with van der Waals surface area (Å²) in [5.41, 5.74) is 2.97. The minimum absolute atomic E-state index is 0.0435. The Morgan fingerprint density at radius 2 is 1.79 bits per heavy atom. The summed E-state index contributed by atoms with van der Waals surface area (Å²) in [5.74, 6) is 1.01. The number of piperidine rings is 1. The molecule has 0 unspecified atom stereocenters. The Morgan fingerprint density at radius 1 is 1.11 bits per heavy atom. The highest BCUT2D eigenvalue weighted by atomic mass is 35.5. The number of methoxy groups -OCH3 is 1. The van der Waals surface area contributed by atoms with Crippen LogP contribution in [-0.4, -0.2) is 74.0 Å². The molecule has 1 aromatic heterocycles. The van der Waals surface area contributed by atoms with Gasteiger partial charge in [0.05, 0.1) is 12.5 Å². The molecule has 9 nitrogen and oxygen atoms in total. The van der Waals surface area contributed by atoms with Gasteiger partial charge in [-0.2, -0.15) is 0 Å². The highest BCUT2D eigenvalue weighted by molar-refractivity contribution is 6.19. The molecule has 3 N–H and O–H groups in total.